The summed E-state index contributed by atoms with van der Waals surface area (Å²) in [7, 11) is 1.54. The van der Waals surface area contributed by atoms with Gasteiger partial charge >= 0.3 is 6.09 Å². The molecule has 122 valence electrons. The molecule has 0 atom stereocenters. The lowest BCUT2D eigenvalue weighted by atomic mass is 10.0. The highest BCUT2D eigenvalue weighted by molar-refractivity contribution is 5.86. The Morgan fingerprint density at radius 1 is 1.09 bits per heavy atom. The van der Waals surface area contributed by atoms with Gasteiger partial charge in [-0.2, -0.15) is 0 Å². The largest absolute Gasteiger partial charge is 0.508 e. The predicted octanol–water partition coefficient (Wildman–Crippen LogP) is 4.41. The van der Waals surface area contributed by atoms with Gasteiger partial charge in [-0.1, -0.05) is 12.1 Å². The minimum absolute atomic E-state index is 0.116. The van der Waals surface area contributed by atoms with Crippen LogP contribution in [0.25, 0.3) is 11.1 Å². The van der Waals surface area contributed by atoms with E-state index >= 15 is 0 Å². The fourth-order valence-electron chi connectivity index (χ4n) is 2.07. The van der Waals surface area contributed by atoms with Gasteiger partial charge in [0.25, 0.3) is 0 Å². The lowest BCUT2D eigenvalue weighted by molar-refractivity contribution is 0.0636. The molecular weight excluding hydrogens is 294 g/mol. The van der Waals surface area contributed by atoms with Crippen LogP contribution in [0.1, 0.15) is 20.8 Å². The van der Waals surface area contributed by atoms with Crippen molar-refractivity contribution in [2.75, 3.05) is 12.4 Å². The number of aromatic hydroxyl groups is 1. The normalized spacial score (nSPS) is 11.0. The molecule has 5 nitrogen and oxygen atoms in total. The molecule has 0 aliphatic heterocycles. The number of hydrogen-bond acceptors (Lipinski definition) is 4. The van der Waals surface area contributed by atoms with Gasteiger partial charge in [0.05, 0.1) is 7.11 Å². The van der Waals surface area contributed by atoms with Crippen LogP contribution in [-0.2, 0) is 4.74 Å². The van der Waals surface area contributed by atoms with Crippen molar-refractivity contribution in [2.24, 2.45) is 0 Å². The maximum atomic E-state index is 11.8. The van der Waals surface area contributed by atoms with E-state index in [4.69, 9.17) is 9.47 Å². The summed E-state index contributed by atoms with van der Waals surface area (Å²) in [4.78, 5) is 11.8. The summed E-state index contributed by atoms with van der Waals surface area (Å²) in [5.41, 5.74) is 1.68. The average molecular weight is 315 g/mol. The lowest BCUT2D eigenvalue weighted by Crippen LogP contribution is -2.27. The van der Waals surface area contributed by atoms with Gasteiger partial charge in [0.2, 0.25) is 0 Å². The summed E-state index contributed by atoms with van der Waals surface area (Å²) in [6.45, 7) is 5.42. The van der Waals surface area contributed by atoms with E-state index in [9.17, 15) is 9.90 Å². The first-order valence-electron chi connectivity index (χ1n) is 7.25. The first kappa shape index (κ1) is 16.7. The molecule has 2 N–H and O–H groups in total. The van der Waals surface area contributed by atoms with Crippen LogP contribution in [0.15, 0.2) is 42.5 Å². The Morgan fingerprint density at radius 2 is 1.83 bits per heavy atom. The van der Waals surface area contributed by atoms with Crippen molar-refractivity contribution in [1.82, 2.24) is 0 Å². The van der Waals surface area contributed by atoms with E-state index < -0.39 is 11.7 Å². The molecule has 0 radical (unpaired) electrons. The van der Waals surface area contributed by atoms with Crippen LogP contribution in [0.4, 0.5) is 10.5 Å². The molecule has 0 spiro atoms. The second-order valence-corrected chi connectivity index (χ2v) is 6.13. The Morgan fingerprint density at radius 3 is 2.48 bits per heavy atom. The molecule has 0 saturated carbocycles. The van der Waals surface area contributed by atoms with Gasteiger partial charge in [-0.15, -0.1) is 0 Å². The second kappa shape index (κ2) is 6.60. The third-order valence-electron chi connectivity index (χ3n) is 2.97. The summed E-state index contributed by atoms with van der Waals surface area (Å²) >= 11 is 0. The van der Waals surface area contributed by atoms with Crippen LogP contribution in [0, 0.1) is 0 Å². The highest BCUT2D eigenvalue weighted by atomic mass is 16.6. The Hall–Kier alpha value is -2.69. The monoisotopic (exact) mass is 315 g/mol. The summed E-state index contributed by atoms with van der Waals surface area (Å²) in [5.74, 6) is 0.676. The maximum absolute atomic E-state index is 11.8. The molecular formula is C18H21NO4. The van der Waals surface area contributed by atoms with E-state index in [-0.39, 0.29) is 5.75 Å². The molecule has 1 amide bonds. The SMILES string of the molecule is COc1cc(O)cc(-c2cccc(NC(=O)OC(C)(C)C)c2)c1. The van der Waals surface area contributed by atoms with Crippen LogP contribution < -0.4 is 10.1 Å². The number of carbonyl (C=O) groups excluding carboxylic acids is 1. The summed E-state index contributed by atoms with van der Waals surface area (Å²) in [6.07, 6.45) is -0.511. The summed E-state index contributed by atoms with van der Waals surface area (Å²) in [6, 6.07) is 12.3. The van der Waals surface area contributed by atoms with Crippen LogP contribution in [0.2, 0.25) is 0 Å². The Bertz CT molecular complexity index is 704. The van der Waals surface area contributed by atoms with Crippen molar-refractivity contribution in [3.05, 3.63) is 42.5 Å². The van der Waals surface area contributed by atoms with E-state index in [0.717, 1.165) is 11.1 Å². The number of anilines is 1. The maximum Gasteiger partial charge on any atom is 0.412 e. The van der Waals surface area contributed by atoms with E-state index in [1.165, 1.54) is 6.07 Å². The molecule has 2 rings (SSSR count). The molecule has 0 heterocycles. The van der Waals surface area contributed by atoms with Crippen molar-refractivity contribution in [2.45, 2.75) is 26.4 Å². The number of ether oxygens (including phenoxy) is 2. The lowest BCUT2D eigenvalue weighted by Gasteiger charge is -2.19. The van der Waals surface area contributed by atoms with E-state index in [0.29, 0.717) is 11.4 Å². The number of amides is 1. The minimum Gasteiger partial charge on any atom is -0.508 e. The highest BCUT2D eigenvalue weighted by Gasteiger charge is 2.16. The molecule has 0 saturated heterocycles. The smallest absolute Gasteiger partial charge is 0.412 e. The van der Waals surface area contributed by atoms with Gasteiger partial charge < -0.3 is 14.6 Å². The van der Waals surface area contributed by atoms with Crippen molar-refractivity contribution < 1.29 is 19.4 Å². The molecule has 0 aromatic heterocycles. The van der Waals surface area contributed by atoms with Crippen LogP contribution in [0.5, 0.6) is 11.5 Å². The molecule has 0 bridgehead atoms. The molecule has 0 unspecified atom stereocenters. The number of carbonyl (C=O) groups is 1. The quantitative estimate of drug-likeness (QED) is 0.880. The van der Waals surface area contributed by atoms with Gasteiger partial charge in [0.1, 0.15) is 17.1 Å². The summed E-state index contributed by atoms with van der Waals surface area (Å²) in [5, 5.41) is 12.5. The number of phenols is 1. The standard InChI is InChI=1S/C18H21NO4/c1-18(2,3)23-17(21)19-14-7-5-6-12(8-14)13-9-15(20)11-16(10-13)22-4/h5-11,20H,1-4H3,(H,19,21). The Kier molecular flexibility index (Phi) is 4.79. The fraction of sp³-hybridized carbons (Fsp3) is 0.278. The minimum atomic E-state index is -0.555. The highest BCUT2D eigenvalue weighted by Crippen LogP contribution is 2.30. The van der Waals surface area contributed by atoms with E-state index in [1.807, 2.05) is 39.0 Å². The van der Waals surface area contributed by atoms with Crippen molar-refractivity contribution in [3.8, 4) is 22.6 Å². The molecule has 5 heteroatoms. The summed E-state index contributed by atoms with van der Waals surface area (Å²) < 4.78 is 10.4. The van der Waals surface area contributed by atoms with Crippen LogP contribution in [-0.4, -0.2) is 23.9 Å². The topological polar surface area (TPSA) is 67.8 Å². The van der Waals surface area contributed by atoms with Crippen LogP contribution in [0.3, 0.4) is 0 Å². The molecule has 2 aromatic rings. The van der Waals surface area contributed by atoms with E-state index in [1.54, 1.807) is 25.3 Å². The Balaban J connectivity index is 2.23. The van der Waals surface area contributed by atoms with Crippen molar-refractivity contribution in [3.63, 3.8) is 0 Å². The second-order valence-electron chi connectivity index (χ2n) is 6.13. The molecule has 0 fully saturated rings. The molecule has 23 heavy (non-hydrogen) atoms. The first-order chi connectivity index (χ1) is 10.8. The number of phenolic OH excluding ortho intramolecular Hbond substituents is 1. The van der Waals surface area contributed by atoms with Gasteiger partial charge in [-0.05, 0) is 56.2 Å². The molecule has 2 aromatic carbocycles. The third kappa shape index (κ3) is 4.92. The van der Waals surface area contributed by atoms with Gasteiger partial charge in [0.15, 0.2) is 0 Å². The van der Waals surface area contributed by atoms with Gasteiger partial charge in [-0.3, -0.25) is 5.32 Å². The number of nitrogens with one attached hydrogen (secondary N) is 1. The fourth-order valence-corrected chi connectivity index (χ4v) is 2.07. The van der Waals surface area contributed by atoms with Crippen molar-refractivity contribution >= 4 is 11.8 Å². The zero-order valence-electron chi connectivity index (χ0n) is 13.7. The number of hydrogen-bond donors (Lipinski definition) is 2. The molecule has 0 aliphatic rings. The predicted molar refractivity (Wildman–Crippen MR) is 90.0 cm³/mol. The number of benzene rings is 2. The average Bonchev–Trinajstić information content (AvgIpc) is 2.44. The number of methoxy groups -OCH3 is 1. The zero-order chi connectivity index (χ0) is 17.0. The molecule has 0 aliphatic carbocycles. The van der Waals surface area contributed by atoms with Crippen LogP contribution >= 0.6 is 0 Å². The zero-order valence-corrected chi connectivity index (χ0v) is 13.7. The van der Waals surface area contributed by atoms with E-state index in [2.05, 4.69) is 5.32 Å². The number of rotatable bonds is 3. The Labute approximate surface area is 135 Å². The van der Waals surface area contributed by atoms with Crippen molar-refractivity contribution in [1.29, 1.82) is 0 Å². The third-order valence-corrected chi connectivity index (χ3v) is 2.97. The van der Waals surface area contributed by atoms with Gasteiger partial charge in [0, 0.05) is 11.8 Å². The van der Waals surface area contributed by atoms with Gasteiger partial charge in [-0.25, -0.2) is 4.79 Å². The first-order valence-corrected chi connectivity index (χ1v) is 7.25.